The maximum absolute atomic E-state index is 13.8. The molecule has 1 heterocycles. The summed E-state index contributed by atoms with van der Waals surface area (Å²) < 4.78 is 24.7. The van der Waals surface area contributed by atoms with Gasteiger partial charge in [0.05, 0.1) is 16.8 Å². The van der Waals surface area contributed by atoms with Crippen molar-refractivity contribution in [1.82, 2.24) is 10.3 Å². The number of aryl methyl sites for hydroxylation is 1. The lowest BCUT2D eigenvalue weighted by Crippen LogP contribution is -2.35. The maximum Gasteiger partial charge on any atom is 0.220 e. The smallest absolute Gasteiger partial charge is 0.220 e. The number of aromatic nitrogens is 1. The van der Waals surface area contributed by atoms with Gasteiger partial charge < -0.3 is 19.6 Å². The van der Waals surface area contributed by atoms with E-state index in [2.05, 4.69) is 10.3 Å². The maximum atomic E-state index is 13.8. The minimum atomic E-state index is -0.932. The lowest BCUT2D eigenvalue weighted by molar-refractivity contribution is -0.121. The van der Waals surface area contributed by atoms with Gasteiger partial charge in [-0.1, -0.05) is 41.4 Å². The zero-order valence-electron chi connectivity index (χ0n) is 15.8. The van der Waals surface area contributed by atoms with Crippen LogP contribution in [-0.2, 0) is 11.2 Å². The Morgan fingerprint density at radius 1 is 1.23 bits per heavy atom. The molecular weight excluding hydrogens is 434 g/mol. The lowest BCUT2D eigenvalue weighted by Gasteiger charge is -2.14. The monoisotopic (exact) mass is 452 g/mol. The molecule has 0 spiro atoms. The molecule has 0 saturated carbocycles. The summed E-state index contributed by atoms with van der Waals surface area (Å²) in [5.74, 6) is 0.274. The van der Waals surface area contributed by atoms with E-state index in [-0.39, 0.29) is 36.9 Å². The number of oxazole rings is 1. The van der Waals surface area contributed by atoms with Crippen molar-refractivity contribution in [3.8, 4) is 17.1 Å². The molecule has 1 atom stereocenters. The van der Waals surface area contributed by atoms with E-state index in [4.69, 9.17) is 32.4 Å². The van der Waals surface area contributed by atoms with Gasteiger partial charge in [0, 0.05) is 19.4 Å². The molecule has 3 aromatic rings. The largest absolute Gasteiger partial charge is 0.489 e. The van der Waals surface area contributed by atoms with E-state index in [0.717, 1.165) is 0 Å². The van der Waals surface area contributed by atoms with Gasteiger partial charge in [-0.3, -0.25) is 4.79 Å². The Hall–Kier alpha value is -2.61. The van der Waals surface area contributed by atoms with Gasteiger partial charge in [-0.05, 0) is 24.3 Å². The molecule has 0 fully saturated rings. The Labute approximate surface area is 182 Å². The molecule has 0 bridgehead atoms. The van der Waals surface area contributed by atoms with Crippen molar-refractivity contribution in [1.29, 1.82) is 0 Å². The number of aliphatic hydroxyl groups is 1. The Bertz CT molecular complexity index is 1010. The molecule has 2 N–H and O–H groups in total. The van der Waals surface area contributed by atoms with Crippen molar-refractivity contribution in [2.45, 2.75) is 18.9 Å². The molecule has 6 nitrogen and oxygen atoms in total. The second-order valence-corrected chi connectivity index (χ2v) is 7.20. The molecule has 1 amide bonds. The lowest BCUT2D eigenvalue weighted by atomic mass is 10.2. The minimum Gasteiger partial charge on any atom is -0.489 e. The van der Waals surface area contributed by atoms with Crippen LogP contribution in [0.3, 0.4) is 0 Å². The average molecular weight is 453 g/mol. The minimum absolute atomic E-state index is 0.00305. The van der Waals surface area contributed by atoms with Crippen molar-refractivity contribution in [2.75, 3.05) is 13.2 Å². The van der Waals surface area contributed by atoms with Crippen LogP contribution in [0.2, 0.25) is 10.0 Å². The summed E-state index contributed by atoms with van der Waals surface area (Å²) >= 11 is 11.9. The summed E-state index contributed by atoms with van der Waals surface area (Å²) in [5.41, 5.74) is 0.309. The first-order chi connectivity index (χ1) is 14.4. The standard InChI is InChI=1S/C21H19Cl2FN2O4/c22-15-5-3-7-17(21(15)23)29-12-13(27)10-25-19(28)8-9-20-26-11-18(30-20)14-4-1-2-6-16(14)24/h1-7,11,13,27H,8-10,12H2,(H,25,28). The van der Waals surface area contributed by atoms with Gasteiger partial charge in [0.15, 0.2) is 11.7 Å². The summed E-state index contributed by atoms with van der Waals surface area (Å²) in [5, 5.41) is 13.2. The van der Waals surface area contributed by atoms with Gasteiger partial charge in [0.2, 0.25) is 5.91 Å². The second kappa shape index (κ2) is 10.4. The van der Waals surface area contributed by atoms with Crippen LogP contribution in [0.25, 0.3) is 11.3 Å². The molecule has 1 unspecified atom stereocenters. The van der Waals surface area contributed by atoms with Crippen LogP contribution >= 0.6 is 23.2 Å². The molecule has 0 aliphatic rings. The van der Waals surface area contributed by atoms with E-state index < -0.39 is 11.9 Å². The van der Waals surface area contributed by atoms with E-state index in [1.165, 1.54) is 12.3 Å². The number of halogens is 3. The zero-order chi connectivity index (χ0) is 21.5. The second-order valence-electron chi connectivity index (χ2n) is 6.42. The number of aliphatic hydroxyl groups excluding tert-OH is 1. The summed E-state index contributed by atoms with van der Waals surface area (Å²) in [6.07, 6.45) is 0.835. The van der Waals surface area contributed by atoms with Gasteiger partial charge in [0.1, 0.15) is 29.3 Å². The van der Waals surface area contributed by atoms with Gasteiger partial charge in [-0.15, -0.1) is 0 Å². The molecule has 9 heteroatoms. The predicted molar refractivity (Wildman–Crippen MR) is 111 cm³/mol. The van der Waals surface area contributed by atoms with Crippen LogP contribution < -0.4 is 10.1 Å². The van der Waals surface area contributed by atoms with E-state index in [1.807, 2.05) is 0 Å². The summed E-state index contributed by atoms with van der Waals surface area (Å²) in [6.45, 7) is -0.0604. The molecular formula is C21H19Cl2FN2O4. The molecule has 3 rings (SSSR count). The SMILES string of the molecule is O=C(CCc1ncc(-c2ccccc2F)o1)NCC(O)COc1cccc(Cl)c1Cl. The number of hydrogen-bond acceptors (Lipinski definition) is 5. The zero-order valence-corrected chi connectivity index (χ0v) is 17.3. The van der Waals surface area contributed by atoms with Gasteiger partial charge >= 0.3 is 0 Å². The first kappa shape index (κ1) is 22.1. The van der Waals surface area contributed by atoms with E-state index in [1.54, 1.807) is 36.4 Å². The van der Waals surface area contributed by atoms with E-state index in [0.29, 0.717) is 28.0 Å². The molecule has 1 aromatic heterocycles. The number of carbonyl (C=O) groups excluding carboxylic acids is 1. The van der Waals surface area contributed by atoms with Crippen molar-refractivity contribution in [3.05, 3.63) is 70.4 Å². The Kier molecular flexibility index (Phi) is 7.68. The Morgan fingerprint density at radius 3 is 2.83 bits per heavy atom. The van der Waals surface area contributed by atoms with Crippen molar-refractivity contribution in [3.63, 3.8) is 0 Å². The summed E-state index contributed by atoms with van der Waals surface area (Å²) in [6, 6.07) is 11.1. The fourth-order valence-electron chi connectivity index (χ4n) is 2.59. The molecule has 30 heavy (non-hydrogen) atoms. The third kappa shape index (κ3) is 5.95. The average Bonchev–Trinajstić information content (AvgIpc) is 3.21. The van der Waals surface area contributed by atoms with Crippen LogP contribution in [0.5, 0.6) is 5.75 Å². The third-order valence-corrected chi connectivity index (χ3v) is 4.94. The molecule has 2 aromatic carbocycles. The molecule has 0 aliphatic heterocycles. The van der Waals surface area contributed by atoms with Gasteiger partial charge in [-0.2, -0.15) is 0 Å². The number of hydrogen-bond donors (Lipinski definition) is 2. The quantitative estimate of drug-likeness (QED) is 0.506. The van der Waals surface area contributed by atoms with E-state index in [9.17, 15) is 14.3 Å². The number of ether oxygens (including phenoxy) is 1. The van der Waals surface area contributed by atoms with Crippen molar-refractivity contribution in [2.24, 2.45) is 0 Å². The molecule has 158 valence electrons. The topological polar surface area (TPSA) is 84.6 Å². The van der Waals surface area contributed by atoms with E-state index >= 15 is 0 Å². The van der Waals surface area contributed by atoms with Crippen molar-refractivity contribution < 1.29 is 23.4 Å². The highest BCUT2D eigenvalue weighted by atomic mass is 35.5. The third-order valence-electron chi connectivity index (χ3n) is 4.14. The molecule has 0 saturated heterocycles. The number of rotatable bonds is 9. The van der Waals surface area contributed by atoms with Crippen LogP contribution in [0.4, 0.5) is 4.39 Å². The number of carbonyl (C=O) groups is 1. The van der Waals surface area contributed by atoms with Gasteiger partial charge in [-0.25, -0.2) is 9.37 Å². The fourth-order valence-corrected chi connectivity index (χ4v) is 2.94. The normalized spacial score (nSPS) is 11.9. The van der Waals surface area contributed by atoms with Gasteiger partial charge in [0.25, 0.3) is 0 Å². The van der Waals surface area contributed by atoms with Crippen LogP contribution in [0.1, 0.15) is 12.3 Å². The number of nitrogens with zero attached hydrogens (tertiary/aromatic N) is 1. The number of benzene rings is 2. The Morgan fingerprint density at radius 2 is 2.03 bits per heavy atom. The number of amides is 1. The van der Waals surface area contributed by atoms with Crippen molar-refractivity contribution >= 4 is 29.1 Å². The molecule has 0 aliphatic carbocycles. The Balaban J connectivity index is 1.41. The fraction of sp³-hybridized carbons (Fsp3) is 0.238. The van der Waals surface area contributed by atoms with Crippen LogP contribution in [0.15, 0.2) is 53.1 Å². The van der Waals surface area contributed by atoms with Crippen LogP contribution in [0, 0.1) is 5.82 Å². The highest BCUT2D eigenvalue weighted by Gasteiger charge is 2.13. The summed E-state index contributed by atoms with van der Waals surface area (Å²) in [4.78, 5) is 16.1. The highest BCUT2D eigenvalue weighted by Crippen LogP contribution is 2.31. The predicted octanol–water partition coefficient (Wildman–Crippen LogP) is 4.28. The number of nitrogens with one attached hydrogen (secondary N) is 1. The first-order valence-corrected chi connectivity index (χ1v) is 9.91. The highest BCUT2D eigenvalue weighted by molar-refractivity contribution is 6.42. The first-order valence-electron chi connectivity index (χ1n) is 9.15. The van der Waals surface area contributed by atoms with Crippen LogP contribution in [-0.4, -0.2) is 35.3 Å². The summed E-state index contributed by atoms with van der Waals surface area (Å²) in [7, 11) is 0. The molecule has 0 radical (unpaired) electrons.